The Kier molecular flexibility index (Phi) is 3.83. The van der Waals surface area contributed by atoms with Gasteiger partial charge in [-0.25, -0.2) is 0 Å². The first-order valence-electron chi connectivity index (χ1n) is 6.37. The van der Waals surface area contributed by atoms with E-state index in [1.54, 1.807) is 0 Å². The molecule has 1 aromatic carbocycles. The van der Waals surface area contributed by atoms with Crippen LogP contribution in [0.25, 0.3) is 0 Å². The Morgan fingerprint density at radius 1 is 1.40 bits per heavy atom. The van der Waals surface area contributed by atoms with Crippen LogP contribution in [0.1, 0.15) is 29.6 Å². The number of ether oxygens (including phenoxy) is 1. The molecule has 0 spiro atoms. The molecule has 0 aromatic heterocycles. The van der Waals surface area contributed by atoms with Crippen molar-refractivity contribution < 1.29 is 24.5 Å². The third kappa shape index (κ3) is 2.54. The number of carboxylic acid groups (broad SMARTS) is 1. The lowest BCUT2D eigenvalue weighted by Crippen LogP contribution is -2.47. The molecule has 0 radical (unpaired) electrons. The summed E-state index contributed by atoms with van der Waals surface area (Å²) in [4.78, 5) is 23.2. The SMILES string of the molecule is COc1ccc(O)c(C(=O)NCC2(C(=O)O)CCC2)c1. The molecule has 1 amide bonds. The van der Waals surface area contributed by atoms with Crippen molar-refractivity contribution in [3.8, 4) is 11.5 Å². The first-order chi connectivity index (χ1) is 9.48. The van der Waals surface area contributed by atoms with Crippen LogP contribution in [-0.4, -0.2) is 35.7 Å². The molecule has 1 fully saturated rings. The molecule has 6 nitrogen and oxygen atoms in total. The van der Waals surface area contributed by atoms with Crippen LogP contribution in [0, 0.1) is 5.41 Å². The predicted octanol–water partition coefficient (Wildman–Crippen LogP) is 1.39. The van der Waals surface area contributed by atoms with Gasteiger partial charge in [0.2, 0.25) is 0 Å². The lowest BCUT2D eigenvalue weighted by atomic mass is 9.69. The number of methoxy groups -OCH3 is 1. The van der Waals surface area contributed by atoms with E-state index in [0.717, 1.165) is 6.42 Å². The molecular weight excluding hydrogens is 262 g/mol. The second kappa shape index (κ2) is 5.40. The maximum atomic E-state index is 12.0. The number of nitrogens with one attached hydrogen (secondary N) is 1. The summed E-state index contributed by atoms with van der Waals surface area (Å²) in [6.07, 6.45) is 1.98. The van der Waals surface area contributed by atoms with Crippen molar-refractivity contribution in [1.29, 1.82) is 0 Å². The molecule has 1 saturated carbocycles. The first-order valence-corrected chi connectivity index (χ1v) is 6.37. The number of phenols is 1. The normalized spacial score (nSPS) is 16.1. The molecule has 108 valence electrons. The minimum absolute atomic E-state index is 0.0673. The van der Waals surface area contributed by atoms with Crippen molar-refractivity contribution >= 4 is 11.9 Å². The average Bonchev–Trinajstić information content (AvgIpc) is 2.37. The standard InChI is InChI=1S/C14H17NO5/c1-20-9-3-4-11(16)10(7-9)12(17)15-8-14(13(18)19)5-2-6-14/h3-4,7,16H,2,5-6,8H2,1H3,(H,15,17)(H,18,19). The van der Waals surface area contributed by atoms with Crippen LogP contribution in [0.5, 0.6) is 11.5 Å². The summed E-state index contributed by atoms with van der Waals surface area (Å²) in [6, 6.07) is 4.32. The number of aromatic hydroxyl groups is 1. The number of aliphatic carboxylic acids is 1. The van der Waals surface area contributed by atoms with Gasteiger partial charge < -0.3 is 20.3 Å². The van der Waals surface area contributed by atoms with E-state index in [0.29, 0.717) is 18.6 Å². The second-order valence-electron chi connectivity index (χ2n) is 5.00. The number of carbonyl (C=O) groups excluding carboxylic acids is 1. The quantitative estimate of drug-likeness (QED) is 0.757. The zero-order valence-corrected chi connectivity index (χ0v) is 11.2. The van der Waals surface area contributed by atoms with Gasteiger partial charge in [0.05, 0.1) is 18.1 Å². The maximum Gasteiger partial charge on any atom is 0.311 e. The Hall–Kier alpha value is -2.24. The van der Waals surface area contributed by atoms with Gasteiger partial charge in [-0.3, -0.25) is 9.59 Å². The van der Waals surface area contributed by atoms with Gasteiger partial charge >= 0.3 is 5.97 Å². The zero-order chi connectivity index (χ0) is 14.8. The summed E-state index contributed by atoms with van der Waals surface area (Å²) in [6.45, 7) is 0.0673. The molecule has 1 aromatic rings. The summed E-state index contributed by atoms with van der Waals surface area (Å²) < 4.78 is 4.99. The molecule has 1 aliphatic carbocycles. The first kappa shape index (κ1) is 14.2. The van der Waals surface area contributed by atoms with Gasteiger partial charge in [-0.1, -0.05) is 6.42 Å². The van der Waals surface area contributed by atoms with Crippen molar-refractivity contribution in [3.63, 3.8) is 0 Å². The van der Waals surface area contributed by atoms with Crippen LogP contribution in [0.2, 0.25) is 0 Å². The number of hydrogen-bond acceptors (Lipinski definition) is 4. The molecule has 0 bridgehead atoms. The average molecular weight is 279 g/mol. The smallest absolute Gasteiger partial charge is 0.311 e. The van der Waals surface area contributed by atoms with Crippen LogP contribution in [-0.2, 0) is 4.79 Å². The van der Waals surface area contributed by atoms with Crippen LogP contribution in [0.15, 0.2) is 18.2 Å². The number of hydrogen-bond donors (Lipinski definition) is 3. The third-order valence-corrected chi connectivity index (χ3v) is 3.80. The molecule has 0 heterocycles. The topological polar surface area (TPSA) is 95.9 Å². The van der Waals surface area contributed by atoms with Crippen LogP contribution < -0.4 is 10.1 Å². The van der Waals surface area contributed by atoms with Crippen molar-refractivity contribution in [2.75, 3.05) is 13.7 Å². The van der Waals surface area contributed by atoms with Crippen molar-refractivity contribution in [3.05, 3.63) is 23.8 Å². The summed E-state index contributed by atoms with van der Waals surface area (Å²) >= 11 is 0. The van der Waals surface area contributed by atoms with Crippen LogP contribution in [0.4, 0.5) is 0 Å². The number of carboxylic acids is 1. The molecule has 6 heteroatoms. The Morgan fingerprint density at radius 3 is 2.60 bits per heavy atom. The van der Waals surface area contributed by atoms with E-state index in [1.165, 1.54) is 25.3 Å². The van der Waals surface area contributed by atoms with Gasteiger partial charge in [0, 0.05) is 6.54 Å². The summed E-state index contributed by atoms with van der Waals surface area (Å²) in [5, 5.41) is 21.4. The minimum Gasteiger partial charge on any atom is -0.507 e. The van der Waals surface area contributed by atoms with E-state index in [2.05, 4.69) is 5.32 Å². The number of rotatable bonds is 5. The van der Waals surface area contributed by atoms with Gasteiger partial charge in [-0.15, -0.1) is 0 Å². The maximum absolute atomic E-state index is 12.0. The van der Waals surface area contributed by atoms with Crippen molar-refractivity contribution in [2.45, 2.75) is 19.3 Å². The fourth-order valence-electron chi connectivity index (χ4n) is 2.24. The van der Waals surface area contributed by atoms with Crippen LogP contribution >= 0.6 is 0 Å². The second-order valence-corrected chi connectivity index (χ2v) is 5.00. The van der Waals surface area contributed by atoms with Gasteiger partial charge in [-0.05, 0) is 31.0 Å². The molecule has 20 heavy (non-hydrogen) atoms. The summed E-state index contributed by atoms with van der Waals surface area (Å²) in [7, 11) is 1.46. The van der Waals surface area contributed by atoms with Crippen molar-refractivity contribution in [2.24, 2.45) is 5.41 Å². The monoisotopic (exact) mass is 279 g/mol. The number of amides is 1. The largest absolute Gasteiger partial charge is 0.507 e. The molecule has 0 aliphatic heterocycles. The predicted molar refractivity (Wildman–Crippen MR) is 70.9 cm³/mol. The minimum atomic E-state index is -0.890. The molecule has 0 saturated heterocycles. The Labute approximate surface area is 116 Å². The van der Waals surface area contributed by atoms with E-state index in [1.807, 2.05) is 0 Å². The Bertz CT molecular complexity index is 536. The highest BCUT2D eigenvalue weighted by Crippen LogP contribution is 2.40. The van der Waals surface area contributed by atoms with E-state index in [-0.39, 0.29) is 17.9 Å². The fraction of sp³-hybridized carbons (Fsp3) is 0.429. The number of carbonyl (C=O) groups is 2. The van der Waals surface area contributed by atoms with Crippen LogP contribution in [0.3, 0.4) is 0 Å². The highest BCUT2D eigenvalue weighted by atomic mass is 16.5. The molecular formula is C14H17NO5. The van der Waals surface area contributed by atoms with E-state index >= 15 is 0 Å². The van der Waals surface area contributed by atoms with Gasteiger partial charge in [0.15, 0.2) is 0 Å². The van der Waals surface area contributed by atoms with Gasteiger partial charge in [0.1, 0.15) is 11.5 Å². The van der Waals surface area contributed by atoms with E-state index < -0.39 is 17.3 Å². The molecule has 1 aliphatic rings. The molecule has 3 N–H and O–H groups in total. The third-order valence-electron chi connectivity index (χ3n) is 3.80. The summed E-state index contributed by atoms with van der Waals surface area (Å²) in [5.41, 5.74) is -0.784. The molecule has 0 unspecified atom stereocenters. The number of benzene rings is 1. The Balaban J connectivity index is 2.07. The zero-order valence-electron chi connectivity index (χ0n) is 11.2. The molecule has 0 atom stereocenters. The lowest BCUT2D eigenvalue weighted by Gasteiger charge is -2.37. The van der Waals surface area contributed by atoms with E-state index in [4.69, 9.17) is 4.74 Å². The summed E-state index contributed by atoms with van der Waals surface area (Å²) in [5.74, 6) is -1.11. The highest BCUT2D eigenvalue weighted by molar-refractivity contribution is 5.97. The fourth-order valence-corrected chi connectivity index (χ4v) is 2.24. The highest BCUT2D eigenvalue weighted by Gasteiger charge is 2.44. The number of phenolic OH excluding ortho intramolecular Hbond substituents is 1. The van der Waals surface area contributed by atoms with E-state index in [9.17, 15) is 19.8 Å². The Morgan fingerprint density at radius 2 is 2.10 bits per heavy atom. The lowest BCUT2D eigenvalue weighted by molar-refractivity contribution is -0.153. The van der Waals surface area contributed by atoms with Gasteiger partial charge in [-0.2, -0.15) is 0 Å². The van der Waals surface area contributed by atoms with Crippen molar-refractivity contribution in [1.82, 2.24) is 5.32 Å². The molecule has 2 rings (SSSR count). The van der Waals surface area contributed by atoms with Gasteiger partial charge in [0.25, 0.3) is 5.91 Å².